The van der Waals surface area contributed by atoms with Crippen molar-refractivity contribution in [2.24, 2.45) is 11.1 Å². The van der Waals surface area contributed by atoms with E-state index in [0.717, 1.165) is 0 Å². The van der Waals surface area contributed by atoms with Gasteiger partial charge < -0.3 is 10.6 Å². The zero-order valence-electron chi connectivity index (χ0n) is 17.7. The molecule has 1 saturated carbocycles. The van der Waals surface area contributed by atoms with Crippen LogP contribution in [0.2, 0.25) is 0 Å². The molecule has 0 amide bonds. The maximum Gasteiger partial charge on any atom is 0.188 e. The van der Waals surface area contributed by atoms with Crippen molar-refractivity contribution in [3.05, 3.63) is 81.4 Å². The lowest BCUT2D eigenvalue weighted by atomic mass is 9.54. The predicted molar refractivity (Wildman–Crippen MR) is 122 cm³/mol. The van der Waals surface area contributed by atoms with E-state index >= 15 is 0 Å². The van der Waals surface area contributed by atoms with E-state index in [4.69, 9.17) is 22.8 Å². The van der Waals surface area contributed by atoms with E-state index in [1.54, 1.807) is 35.3 Å². The van der Waals surface area contributed by atoms with Gasteiger partial charge in [-0.3, -0.25) is 10.2 Å². The third-order valence-electron chi connectivity index (χ3n) is 6.36. The molecule has 2 aliphatic rings. The molecular formula is C26H20F2N4O. The molecule has 0 aromatic heterocycles. The Bertz CT molecular complexity index is 1230. The SMILES string of the molecule is C#Cc1ccc(/C=C2/C(=O)/C(=C/c3ccc(C#N)c(F)c3)C23CCN(C(=N)N)CC3)cc1F. The fourth-order valence-corrected chi connectivity index (χ4v) is 4.52. The number of terminal acetylenes is 1. The monoisotopic (exact) mass is 442 g/mol. The van der Waals surface area contributed by atoms with Crippen molar-refractivity contribution >= 4 is 23.9 Å². The number of guanidine groups is 1. The number of hydrogen-bond acceptors (Lipinski definition) is 3. The first-order valence-corrected chi connectivity index (χ1v) is 10.3. The Morgan fingerprint density at radius 1 is 1.06 bits per heavy atom. The van der Waals surface area contributed by atoms with Gasteiger partial charge in [0.2, 0.25) is 0 Å². The van der Waals surface area contributed by atoms with Crippen molar-refractivity contribution in [3.63, 3.8) is 0 Å². The van der Waals surface area contributed by atoms with Crippen LogP contribution in [0.4, 0.5) is 8.78 Å². The van der Waals surface area contributed by atoms with Gasteiger partial charge in [0.05, 0.1) is 11.1 Å². The fraction of sp³-hybridized carbons (Fsp3) is 0.192. The molecule has 5 nitrogen and oxygen atoms in total. The summed E-state index contributed by atoms with van der Waals surface area (Å²) in [7, 11) is 0. The maximum atomic E-state index is 14.2. The van der Waals surface area contributed by atoms with Crippen LogP contribution in [0.25, 0.3) is 12.2 Å². The molecule has 164 valence electrons. The summed E-state index contributed by atoms with van der Waals surface area (Å²) in [5.41, 5.74) is 7.16. The molecule has 1 spiro atoms. The van der Waals surface area contributed by atoms with E-state index in [0.29, 0.717) is 48.2 Å². The van der Waals surface area contributed by atoms with Crippen molar-refractivity contribution in [2.75, 3.05) is 13.1 Å². The van der Waals surface area contributed by atoms with Crippen molar-refractivity contribution in [1.29, 1.82) is 10.7 Å². The molecule has 1 aliphatic heterocycles. The zero-order valence-corrected chi connectivity index (χ0v) is 17.7. The van der Waals surface area contributed by atoms with Gasteiger partial charge in [0.1, 0.15) is 17.7 Å². The average molecular weight is 442 g/mol. The number of carbonyl (C=O) groups excluding carboxylic acids is 1. The molecule has 2 aromatic rings. The molecule has 2 aromatic carbocycles. The molecule has 0 atom stereocenters. The maximum absolute atomic E-state index is 14.2. The summed E-state index contributed by atoms with van der Waals surface area (Å²) in [4.78, 5) is 14.9. The van der Waals surface area contributed by atoms with Crippen molar-refractivity contribution in [3.8, 4) is 18.4 Å². The largest absolute Gasteiger partial charge is 0.370 e. The van der Waals surface area contributed by atoms with Gasteiger partial charge >= 0.3 is 0 Å². The number of piperidine rings is 1. The van der Waals surface area contributed by atoms with Gasteiger partial charge in [0.15, 0.2) is 11.7 Å². The Labute approximate surface area is 190 Å². The number of Topliss-reactive ketones (excluding diaryl/α,β-unsaturated/α-hetero) is 1. The average Bonchev–Trinajstić information content (AvgIpc) is 2.81. The van der Waals surface area contributed by atoms with Crippen LogP contribution < -0.4 is 5.73 Å². The smallest absolute Gasteiger partial charge is 0.188 e. The number of nitrogens with zero attached hydrogens (tertiary/aromatic N) is 2. The van der Waals surface area contributed by atoms with E-state index in [-0.39, 0.29) is 22.9 Å². The topological polar surface area (TPSA) is 94.0 Å². The summed E-state index contributed by atoms with van der Waals surface area (Å²) < 4.78 is 28.3. The molecule has 4 rings (SSSR count). The normalized spacial score (nSPS) is 19.3. The second kappa shape index (κ2) is 8.37. The minimum absolute atomic E-state index is 0.0346. The second-order valence-corrected chi connectivity index (χ2v) is 8.13. The summed E-state index contributed by atoms with van der Waals surface area (Å²) in [6.07, 6.45) is 9.66. The summed E-state index contributed by atoms with van der Waals surface area (Å²) in [6, 6.07) is 10.4. The van der Waals surface area contributed by atoms with Crippen LogP contribution in [0, 0.1) is 46.1 Å². The number of halogens is 2. The van der Waals surface area contributed by atoms with Crippen LogP contribution in [0.5, 0.6) is 0 Å². The summed E-state index contributed by atoms with van der Waals surface area (Å²) >= 11 is 0. The molecule has 33 heavy (non-hydrogen) atoms. The number of nitrogens with two attached hydrogens (primary N) is 1. The number of rotatable bonds is 2. The number of benzene rings is 2. The minimum Gasteiger partial charge on any atom is -0.370 e. The lowest BCUT2D eigenvalue weighted by molar-refractivity contribution is -0.118. The molecule has 0 bridgehead atoms. The highest BCUT2D eigenvalue weighted by Crippen LogP contribution is 2.56. The number of hydrogen-bond donors (Lipinski definition) is 2. The molecule has 7 heteroatoms. The summed E-state index contributed by atoms with van der Waals surface area (Å²) in [5.74, 6) is 0.848. The van der Waals surface area contributed by atoms with E-state index < -0.39 is 17.0 Å². The Hall–Kier alpha value is -4.23. The summed E-state index contributed by atoms with van der Waals surface area (Å²) in [5, 5.41) is 16.6. The van der Waals surface area contributed by atoms with Gasteiger partial charge in [0.25, 0.3) is 0 Å². The van der Waals surface area contributed by atoms with Gasteiger partial charge in [-0.25, -0.2) is 8.78 Å². The van der Waals surface area contributed by atoms with Gasteiger partial charge in [0, 0.05) is 29.7 Å². The Morgan fingerprint density at radius 3 is 2.00 bits per heavy atom. The second-order valence-electron chi connectivity index (χ2n) is 8.13. The molecule has 0 radical (unpaired) electrons. The number of carbonyl (C=O) groups is 1. The molecule has 1 saturated heterocycles. The van der Waals surface area contributed by atoms with Crippen LogP contribution in [-0.2, 0) is 4.79 Å². The summed E-state index contributed by atoms with van der Waals surface area (Å²) in [6.45, 7) is 0.951. The lowest BCUT2D eigenvalue weighted by Gasteiger charge is -2.50. The highest BCUT2D eigenvalue weighted by Gasteiger charge is 2.54. The van der Waals surface area contributed by atoms with Crippen LogP contribution in [0.15, 0.2) is 47.5 Å². The Morgan fingerprint density at radius 2 is 1.58 bits per heavy atom. The number of allylic oxidation sites excluding steroid dienone is 2. The Balaban J connectivity index is 1.76. The molecule has 0 unspecified atom stereocenters. The highest BCUT2D eigenvalue weighted by molar-refractivity contribution is 6.23. The highest BCUT2D eigenvalue weighted by atomic mass is 19.1. The van der Waals surface area contributed by atoms with Crippen molar-refractivity contribution in [2.45, 2.75) is 12.8 Å². The van der Waals surface area contributed by atoms with Crippen LogP contribution in [-0.4, -0.2) is 29.7 Å². The Kier molecular flexibility index (Phi) is 5.57. The fourth-order valence-electron chi connectivity index (χ4n) is 4.52. The van der Waals surface area contributed by atoms with Gasteiger partial charge in [-0.05, 0) is 60.4 Å². The van der Waals surface area contributed by atoms with Crippen LogP contribution in [0.1, 0.15) is 35.1 Å². The van der Waals surface area contributed by atoms with E-state index in [9.17, 15) is 13.6 Å². The van der Waals surface area contributed by atoms with Gasteiger partial charge in [-0.15, -0.1) is 6.42 Å². The number of nitrogens with one attached hydrogen (secondary N) is 1. The quantitative estimate of drug-likeness (QED) is 0.320. The molecular weight excluding hydrogens is 422 g/mol. The van der Waals surface area contributed by atoms with Gasteiger partial charge in [-0.1, -0.05) is 18.1 Å². The molecule has 1 heterocycles. The molecule has 1 aliphatic carbocycles. The van der Waals surface area contributed by atoms with Crippen LogP contribution in [0.3, 0.4) is 0 Å². The molecule has 2 fully saturated rings. The standard InChI is InChI=1S/C26H20F2N4O/c1-2-18-5-3-16(13-22(18)27)11-20-24(33)21(12-17-4-6-19(15-29)23(28)14-17)26(20)7-9-32(10-8-26)25(30)31/h1,3-6,11-14H,7-10H2,(H3,30,31)/b20-11-,21-12-. The van der Waals surface area contributed by atoms with Gasteiger partial charge in [-0.2, -0.15) is 5.26 Å². The lowest BCUT2D eigenvalue weighted by Crippen LogP contribution is -2.53. The number of ketones is 1. The van der Waals surface area contributed by atoms with E-state index in [2.05, 4.69) is 5.92 Å². The third-order valence-corrected chi connectivity index (χ3v) is 6.36. The minimum atomic E-state index is -0.654. The molecule has 3 N–H and O–H groups in total. The first-order chi connectivity index (χ1) is 15.8. The zero-order chi connectivity index (χ0) is 23.8. The van der Waals surface area contributed by atoms with E-state index in [1.807, 2.05) is 0 Å². The number of likely N-dealkylation sites (tertiary alicyclic amines) is 1. The van der Waals surface area contributed by atoms with Crippen molar-refractivity contribution in [1.82, 2.24) is 4.90 Å². The predicted octanol–water partition coefficient (Wildman–Crippen LogP) is 3.84. The third kappa shape index (κ3) is 3.79. The first-order valence-electron chi connectivity index (χ1n) is 10.3. The van der Waals surface area contributed by atoms with Crippen molar-refractivity contribution < 1.29 is 13.6 Å². The van der Waals surface area contributed by atoms with Crippen LogP contribution >= 0.6 is 0 Å². The van der Waals surface area contributed by atoms with E-state index in [1.165, 1.54) is 24.3 Å². The number of nitriles is 1. The first kappa shape index (κ1) is 22.0.